The number of fused-ring (bicyclic) bond motifs is 2. The predicted molar refractivity (Wildman–Crippen MR) is 150 cm³/mol. The number of ketones is 1. The van der Waals surface area contributed by atoms with Gasteiger partial charge in [-0.05, 0) is 68.9 Å². The number of rotatable bonds is 6. The number of esters is 1. The first-order chi connectivity index (χ1) is 19.6. The summed E-state index contributed by atoms with van der Waals surface area (Å²) in [7, 11) is 0. The van der Waals surface area contributed by atoms with Gasteiger partial charge in [0.05, 0.1) is 12.2 Å². The first kappa shape index (κ1) is 29.9. The Morgan fingerprint density at radius 2 is 1.85 bits per heavy atom. The van der Waals surface area contributed by atoms with Crippen LogP contribution in [0.5, 0.6) is 23.0 Å². The van der Waals surface area contributed by atoms with E-state index in [0.29, 0.717) is 55.6 Å². The van der Waals surface area contributed by atoms with E-state index in [1.807, 2.05) is 0 Å². The van der Waals surface area contributed by atoms with Gasteiger partial charge in [-0.2, -0.15) is 0 Å². The molecular weight excluding hydrogens is 530 g/mol. The highest BCUT2D eigenvalue weighted by Gasteiger charge is 2.31. The van der Waals surface area contributed by atoms with Crippen LogP contribution in [0.1, 0.15) is 91.8 Å². The molecule has 0 aliphatic carbocycles. The maximum absolute atomic E-state index is 13.4. The molecule has 2 heterocycles. The SMILES string of the molecule is C[C@@H](O)CNC(=O)CC(c1ccc2c(c1)OCO2)c1c(O)cc2c(c1O)C(=O)O[C@@H](C)CCCC(=O)CCC/C=C/2. The number of aliphatic hydroxyl groups is 1. The number of Topliss-reactive ketones (excluding diaryl/α,β-unsaturated/α-hetero) is 1. The number of cyclic esters (lactones) is 1. The largest absolute Gasteiger partial charge is 0.507 e. The molecule has 0 aromatic heterocycles. The van der Waals surface area contributed by atoms with Crippen molar-refractivity contribution in [2.75, 3.05) is 13.3 Å². The van der Waals surface area contributed by atoms with E-state index in [2.05, 4.69) is 5.32 Å². The second kappa shape index (κ2) is 13.5. The van der Waals surface area contributed by atoms with Crippen LogP contribution < -0.4 is 14.8 Å². The summed E-state index contributed by atoms with van der Waals surface area (Å²) >= 11 is 0. The highest BCUT2D eigenvalue weighted by atomic mass is 16.7. The number of carbonyl (C=O) groups excluding carboxylic acids is 3. The van der Waals surface area contributed by atoms with E-state index in [0.717, 1.165) is 0 Å². The summed E-state index contributed by atoms with van der Waals surface area (Å²) < 4.78 is 16.6. The number of nitrogens with one attached hydrogen (secondary N) is 1. The molecule has 220 valence electrons. The molecule has 3 atom stereocenters. The third-order valence-electron chi connectivity index (χ3n) is 7.18. The monoisotopic (exact) mass is 567 g/mol. The van der Waals surface area contributed by atoms with E-state index in [9.17, 15) is 29.7 Å². The van der Waals surface area contributed by atoms with Crippen molar-refractivity contribution in [2.45, 2.75) is 76.9 Å². The Hall–Kier alpha value is -4.05. The highest BCUT2D eigenvalue weighted by Crippen LogP contribution is 2.46. The number of carbonyl (C=O) groups is 3. The molecule has 1 amide bonds. The van der Waals surface area contributed by atoms with E-state index < -0.39 is 35.8 Å². The van der Waals surface area contributed by atoms with Gasteiger partial charge in [-0.15, -0.1) is 0 Å². The van der Waals surface area contributed by atoms with Gasteiger partial charge in [0.1, 0.15) is 22.8 Å². The molecule has 0 saturated carbocycles. The number of allylic oxidation sites excluding steroid dienone is 1. The van der Waals surface area contributed by atoms with Crippen molar-refractivity contribution in [2.24, 2.45) is 0 Å². The van der Waals surface area contributed by atoms with E-state index in [4.69, 9.17) is 14.2 Å². The van der Waals surface area contributed by atoms with Crippen LogP contribution in [0.15, 0.2) is 30.3 Å². The summed E-state index contributed by atoms with van der Waals surface area (Å²) in [6.45, 7) is 3.33. The van der Waals surface area contributed by atoms with Crippen LogP contribution in [0.3, 0.4) is 0 Å². The number of amides is 1. The quantitative estimate of drug-likeness (QED) is 0.374. The summed E-state index contributed by atoms with van der Waals surface area (Å²) in [5, 5.41) is 35.1. The van der Waals surface area contributed by atoms with Crippen LogP contribution in [0.4, 0.5) is 0 Å². The Morgan fingerprint density at radius 1 is 1.10 bits per heavy atom. The number of aromatic hydroxyl groups is 2. The molecule has 0 radical (unpaired) electrons. The Labute approximate surface area is 238 Å². The van der Waals surface area contributed by atoms with Crippen LogP contribution in [0.2, 0.25) is 0 Å². The lowest BCUT2D eigenvalue weighted by Crippen LogP contribution is -2.31. The van der Waals surface area contributed by atoms with Crippen LogP contribution in [0.25, 0.3) is 6.08 Å². The minimum absolute atomic E-state index is 0.0143. The highest BCUT2D eigenvalue weighted by molar-refractivity contribution is 5.98. The molecule has 2 aliphatic rings. The van der Waals surface area contributed by atoms with Gasteiger partial charge in [-0.3, -0.25) is 9.59 Å². The summed E-state index contributed by atoms with van der Waals surface area (Å²) in [5.74, 6) is -1.76. The van der Waals surface area contributed by atoms with Crippen molar-refractivity contribution in [3.05, 3.63) is 52.6 Å². The van der Waals surface area contributed by atoms with Crippen molar-refractivity contribution < 1.29 is 43.9 Å². The molecule has 41 heavy (non-hydrogen) atoms. The fourth-order valence-corrected chi connectivity index (χ4v) is 5.05. The lowest BCUT2D eigenvalue weighted by Gasteiger charge is -2.23. The number of hydrogen-bond acceptors (Lipinski definition) is 9. The van der Waals surface area contributed by atoms with Gasteiger partial charge in [0.25, 0.3) is 0 Å². The number of hydrogen-bond donors (Lipinski definition) is 4. The minimum atomic E-state index is -0.892. The number of phenolic OH excluding ortho intramolecular Hbond substituents is 2. The third kappa shape index (κ3) is 7.58. The lowest BCUT2D eigenvalue weighted by molar-refractivity contribution is -0.122. The van der Waals surface area contributed by atoms with E-state index in [1.165, 1.54) is 6.07 Å². The average molecular weight is 568 g/mol. The fourth-order valence-electron chi connectivity index (χ4n) is 5.05. The zero-order chi connectivity index (χ0) is 29.5. The molecular formula is C31H37NO9. The van der Waals surface area contributed by atoms with Crippen LogP contribution >= 0.6 is 0 Å². The second-order valence-electron chi connectivity index (χ2n) is 10.6. The Balaban J connectivity index is 1.79. The molecule has 2 aromatic carbocycles. The molecule has 0 spiro atoms. The van der Waals surface area contributed by atoms with Crippen molar-refractivity contribution in [3.8, 4) is 23.0 Å². The summed E-state index contributed by atoms with van der Waals surface area (Å²) in [6.07, 6.45) is 5.07. The molecule has 0 saturated heterocycles. The molecule has 10 nitrogen and oxygen atoms in total. The van der Waals surface area contributed by atoms with Gasteiger partial charge < -0.3 is 34.8 Å². The third-order valence-corrected chi connectivity index (χ3v) is 7.18. The number of aliphatic hydroxyl groups excluding tert-OH is 1. The predicted octanol–water partition coefficient (Wildman–Crippen LogP) is 4.33. The van der Waals surface area contributed by atoms with Gasteiger partial charge in [0.15, 0.2) is 11.5 Å². The van der Waals surface area contributed by atoms with Crippen LogP contribution in [0, 0.1) is 0 Å². The first-order valence-electron chi connectivity index (χ1n) is 14.0. The molecule has 0 fully saturated rings. The maximum Gasteiger partial charge on any atom is 0.342 e. The van der Waals surface area contributed by atoms with E-state index >= 15 is 0 Å². The normalized spacial score (nSPS) is 19.8. The fraction of sp³-hybridized carbons (Fsp3) is 0.452. The first-order valence-corrected chi connectivity index (χ1v) is 14.0. The van der Waals surface area contributed by atoms with Crippen LogP contribution in [-0.2, 0) is 14.3 Å². The number of benzene rings is 2. The van der Waals surface area contributed by atoms with Crippen molar-refractivity contribution in [1.29, 1.82) is 0 Å². The van der Waals surface area contributed by atoms with Gasteiger partial charge in [-0.25, -0.2) is 4.79 Å². The van der Waals surface area contributed by atoms with Gasteiger partial charge >= 0.3 is 5.97 Å². The molecule has 4 N–H and O–H groups in total. The average Bonchev–Trinajstić information content (AvgIpc) is 3.38. The lowest BCUT2D eigenvalue weighted by atomic mass is 9.84. The van der Waals surface area contributed by atoms with Crippen molar-refractivity contribution in [1.82, 2.24) is 5.32 Å². The second-order valence-corrected chi connectivity index (χ2v) is 10.6. The molecule has 2 aromatic rings. The minimum Gasteiger partial charge on any atom is -0.507 e. The van der Waals surface area contributed by atoms with Gasteiger partial charge in [0, 0.05) is 37.3 Å². The molecule has 10 heteroatoms. The zero-order valence-electron chi connectivity index (χ0n) is 23.4. The summed E-state index contributed by atoms with van der Waals surface area (Å²) in [5.41, 5.74) is 0.658. The summed E-state index contributed by atoms with van der Waals surface area (Å²) in [4.78, 5) is 38.5. The van der Waals surface area contributed by atoms with Gasteiger partial charge in [-0.1, -0.05) is 18.2 Å². The Bertz CT molecular complexity index is 1320. The number of ether oxygens (including phenoxy) is 3. The van der Waals surface area contributed by atoms with E-state index in [1.54, 1.807) is 44.2 Å². The van der Waals surface area contributed by atoms with Crippen molar-refractivity contribution in [3.63, 3.8) is 0 Å². The maximum atomic E-state index is 13.4. The zero-order valence-corrected chi connectivity index (χ0v) is 23.4. The van der Waals surface area contributed by atoms with E-state index in [-0.39, 0.29) is 48.0 Å². The molecule has 2 aliphatic heterocycles. The molecule has 4 rings (SSSR count). The van der Waals surface area contributed by atoms with Crippen molar-refractivity contribution >= 4 is 23.7 Å². The Kier molecular flexibility index (Phi) is 9.88. The smallest absolute Gasteiger partial charge is 0.342 e. The standard InChI is InChI=1S/C31H37NO9/c1-18(33)16-32-27(36)15-23(20-11-12-25-26(14-20)40-17-39-25)29-24(35)13-21-8-4-3-5-9-22(34)10-6-7-19(2)41-31(38)28(21)30(29)37/h4,8,11-14,18-19,23,33,35,37H,3,5-7,9-10,15-17H2,1-2H3,(H,32,36)/b8-4+/t18-,19+,23?/m1/s1. The number of phenols is 2. The van der Waals surface area contributed by atoms with Crippen LogP contribution in [-0.4, -0.2) is 58.5 Å². The van der Waals surface area contributed by atoms with Gasteiger partial charge in [0.2, 0.25) is 12.7 Å². The topological polar surface area (TPSA) is 152 Å². The summed E-state index contributed by atoms with van der Waals surface area (Å²) in [6, 6.07) is 6.42. The molecule has 1 unspecified atom stereocenters. The molecule has 0 bridgehead atoms. The Morgan fingerprint density at radius 3 is 2.63 bits per heavy atom.